The minimum Gasteiger partial charge on any atom is -0.493 e. The van der Waals surface area contributed by atoms with Crippen LogP contribution in [-0.4, -0.2) is 32.3 Å². The Morgan fingerprint density at radius 1 is 1.53 bits per heavy atom. The van der Waals surface area contributed by atoms with E-state index >= 15 is 0 Å². The third kappa shape index (κ3) is 2.05. The molecule has 0 aliphatic heterocycles. The smallest absolute Gasteiger partial charge is 0.235 e. The number of rotatable bonds is 4. The predicted molar refractivity (Wildman–Crippen MR) is 62.5 cm³/mol. The maximum atomic E-state index is 12.2. The molecule has 0 atom stereocenters. The Hall–Kier alpha value is -1.76. The molecule has 0 bridgehead atoms. The van der Waals surface area contributed by atoms with Crippen molar-refractivity contribution in [2.75, 3.05) is 7.11 Å². The molecule has 0 aromatic carbocycles. The first-order valence-electron chi connectivity index (χ1n) is 5.08. The van der Waals surface area contributed by atoms with E-state index in [0.29, 0.717) is 17.1 Å². The van der Waals surface area contributed by atoms with Crippen molar-refractivity contribution in [3.05, 3.63) is 23.0 Å². The Morgan fingerprint density at radius 3 is 2.82 bits per heavy atom. The maximum absolute atomic E-state index is 12.2. The van der Waals surface area contributed by atoms with Crippen LogP contribution in [0.5, 0.6) is 5.75 Å². The van der Waals surface area contributed by atoms with Crippen molar-refractivity contribution < 1.29 is 9.53 Å². The van der Waals surface area contributed by atoms with E-state index in [0.717, 1.165) is 11.5 Å². The van der Waals surface area contributed by atoms with E-state index in [-0.39, 0.29) is 11.8 Å². The normalized spacial score (nSPS) is 10.8. The zero-order chi connectivity index (χ0) is 12.4. The highest BCUT2D eigenvalue weighted by atomic mass is 32.1. The van der Waals surface area contributed by atoms with Gasteiger partial charge in [0, 0.05) is 11.4 Å². The van der Waals surface area contributed by atoms with Gasteiger partial charge in [0.1, 0.15) is 5.69 Å². The van der Waals surface area contributed by atoms with Gasteiger partial charge in [0.05, 0.1) is 13.3 Å². The molecule has 7 heteroatoms. The molecular weight excluding hydrogens is 240 g/mol. The van der Waals surface area contributed by atoms with E-state index in [9.17, 15) is 4.79 Å². The quantitative estimate of drug-likeness (QED) is 0.772. The number of ketones is 1. The Bertz CT molecular complexity index is 518. The van der Waals surface area contributed by atoms with E-state index in [2.05, 4.69) is 14.7 Å². The molecule has 2 rings (SSSR count). The molecule has 0 saturated carbocycles. The van der Waals surface area contributed by atoms with Gasteiger partial charge >= 0.3 is 0 Å². The van der Waals surface area contributed by atoms with Crippen LogP contribution in [0.1, 0.15) is 36.1 Å². The summed E-state index contributed by atoms with van der Waals surface area (Å²) >= 11 is 1.14. The third-order valence-corrected chi connectivity index (χ3v) is 2.78. The second kappa shape index (κ2) is 4.62. The lowest BCUT2D eigenvalue weighted by Crippen LogP contribution is -2.14. The summed E-state index contributed by atoms with van der Waals surface area (Å²) in [5.74, 6) is 0.235. The summed E-state index contributed by atoms with van der Waals surface area (Å²) in [5.41, 5.74) is 0.728. The molecule has 0 saturated heterocycles. The first-order valence-corrected chi connectivity index (χ1v) is 5.92. The fourth-order valence-electron chi connectivity index (χ4n) is 1.49. The van der Waals surface area contributed by atoms with Gasteiger partial charge in [-0.1, -0.05) is 4.49 Å². The zero-order valence-electron chi connectivity index (χ0n) is 9.75. The highest BCUT2D eigenvalue weighted by Gasteiger charge is 2.23. The number of nitrogens with zero attached hydrogens (tertiary/aromatic N) is 4. The maximum Gasteiger partial charge on any atom is 0.235 e. The molecule has 0 fully saturated rings. The van der Waals surface area contributed by atoms with Crippen molar-refractivity contribution in [1.82, 2.24) is 19.4 Å². The summed E-state index contributed by atoms with van der Waals surface area (Å²) in [5, 5.41) is 9.52. The van der Waals surface area contributed by atoms with Gasteiger partial charge in [-0.25, -0.2) is 0 Å². The van der Waals surface area contributed by atoms with Gasteiger partial charge in [0.2, 0.25) is 5.78 Å². The van der Waals surface area contributed by atoms with Crippen LogP contribution in [0, 0.1) is 0 Å². The fraction of sp³-hybridized carbons (Fsp3) is 0.400. The van der Waals surface area contributed by atoms with Crippen LogP contribution < -0.4 is 4.74 Å². The van der Waals surface area contributed by atoms with Crippen LogP contribution >= 0.6 is 11.5 Å². The summed E-state index contributed by atoms with van der Waals surface area (Å²) in [6, 6.07) is 0.0736. The van der Waals surface area contributed by atoms with Crippen LogP contribution in [0.3, 0.4) is 0 Å². The molecule has 0 spiro atoms. The van der Waals surface area contributed by atoms with Crippen LogP contribution in [0.4, 0.5) is 0 Å². The molecule has 0 aliphatic rings. The molecule has 0 amide bonds. The lowest BCUT2D eigenvalue weighted by Gasteiger charge is -2.09. The summed E-state index contributed by atoms with van der Waals surface area (Å²) in [6.07, 6.45) is 1.53. The van der Waals surface area contributed by atoms with Crippen LogP contribution in [0.15, 0.2) is 11.6 Å². The standard InChI is InChI=1S/C10H12N4O2S/c1-6(2)14-9(8(16-3)4-11-14)10(15)7-5-17-13-12-7/h4-6H,1-3H3. The van der Waals surface area contributed by atoms with Crippen molar-refractivity contribution in [2.24, 2.45) is 0 Å². The van der Waals surface area contributed by atoms with Crippen LogP contribution in [0.2, 0.25) is 0 Å². The van der Waals surface area contributed by atoms with Gasteiger partial charge in [0.15, 0.2) is 11.4 Å². The number of ether oxygens (including phenoxy) is 1. The van der Waals surface area contributed by atoms with Crippen molar-refractivity contribution in [2.45, 2.75) is 19.9 Å². The summed E-state index contributed by atoms with van der Waals surface area (Å²) in [4.78, 5) is 12.2. The monoisotopic (exact) mass is 252 g/mol. The van der Waals surface area contributed by atoms with E-state index in [4.69, 9.17) is 4.74 Å². The topological polar surface area (TPSA) is 69.9 Å². The average molecular weight is 252 g/mol. The predicted octanol–water partition coefficient (Wildman–Crippen LogP) is 1.56. The number of hydrogen-bond acceptors (Lipinski definition) is 6. The summed E-state index contributed by atoms with van der Waals surface area (Å²) in [6.45, 7) is 3.89. The third-order valence-electron chi connectivity index (χ3n) is 2.28. The molecule has 2 aromatic heterocycles. The lowest BCUT2D eigenvalue weighted by molar-refractivity contribution is 0.101. The van der Waals surface area contributed by atoms with E-state index in [1.807, 2.05) is 13.8 Å². The van der Waals surface area contributed by atoms with Gasteiger partial charge in [-0.3, -0.25) is 9.48 Å². The Kier molecular flexibility index (Phi) is 3.19. The molecule has 17 heavy (non-hydrogen) atoms. The first kappa shape index (κ1) is 11.7. The van der Waals surface area contributed by atoms with Crippen molar-refractivity contribution >= 4 is 17.3 Å². The Balaban J connectivity index is 2.49. The van der Waals surface area contributed by atoms with Crippen molar-refractivity contribution in [1.29, 1.82) is 0 Å². The summed E-state index contributed by atoms with van der Waals surface area (Å²) < 4.78 is 10.5. The van der Waals surface area contributed by atoms with E-state index in [1.54, 1.807) is 10.1 Å². The number of methoxy groups -OCH3 is 1. The van der Waals surface area contributed by atoms with Gasteiger partial charge in [-0.2, -0.15) is 5.10 Å². The Morgan fingerprint density at radius 2 is 2.29 bits per heavy atom. The molecule has 6 nitrogen and oxygen atoms in total. The van der Waals surface area contributed by atoms with Crippen molar-refractivity contribution in [3.63, 3.8) is 0 Å². The van der Waals surface area contributed by atoms with Gasteiger partial charge in [-0.05, 0) is 25.4 Å². The average Bonchev–Trinajstić information content (AvgIpc) is 2.96. The minimum atomic E-state index is -0.221. The highest BCUT2D eigenvalue weighted by Crippen LogP contribution is 2.23. The second-order valence-corrected chi connectivity index (χ2v) is 4.33. The molecule has 2 heterocycles. The Labute approximate surface area is 102 Å². The molecular formula is C10H12N4O2S. The highest BCUT2D eigenvalue weighted by molar-refractivity contribution is 7.03. The lowest BCUT2D eigenvalue weighted by atomic mass is 10.2. The van der Waals surface area contributed by atoms with E-state index < -0.39 is 0 Å². The second-order valence-electron chi connectivity index (χ2n) is 3.72. The number of hydrogen-bond donors (Lipinski definition) is 0. The SMILES string of the molecule is COc1cnn(C(C)C)c1C(=O)c1csnn1. The van der Waals surface area contributed by atoms with Crippen molar-refractivity contribution in [3.8, 4) is 5.75 Å². The van der Waals surface area contributed by atoms with Crippen LogP contribution in [0.25, 0.3) is 0 Å². The molecule has 0 radical (unpaired) electrons. The van der Waals surface area contributed by atoms with Gasteiger partial charge < -0.3 is 4.74 Å². The van der Waals surface area contributed by atoms with Gasteiger partial charge in [-0.15, -0.1) is 5.10 Å². The number of carbonyl (C=O) groups excluding carboxylic acids is 1. The number of carbonyl (C=O) groups is 1. The molecule has 90 valence electrons. The summed E-state index contributed by atoms with van der Waals surface area (Å²) in [7, 11) is 1.51. The van der Waals surface area contributed by atoms with Gasteiger partial charge in [0.25, 0.3) is 0 Å². The molecule has 0 N–H and O–H groups in total. The molecule has 0 unspecified atom stereocenters. The number of aromatic nitrogens is 4. The fourth-order valence-corrected chi connectivity index (χ4v) is 1.92. The van der Waals surface area contributed by atoms with Crippen LogP contribution in [-0.2, 0) is 0 Å². The largest absolute Gasteiger partial charge is 0.493 e. The zero-order valence-corrected chi connectivity index (χ0v) is 10.6. The minimum absolute atomic E-state index is 0.0736. The molecule has 0 aliphatic carbocycles. The first-order chi connectivity index (χ1) is 8.15. The molecule has 2 aromatic rings. The van der Waals surface area contributed by atoms with E-state index in [1.165, 1.54) is 13.3 Å².